The molecule has 1 aliphatic carbocycles. The average Bonchev–Trinajstić information content (AvgIpc) is 2.84. The van der Waals surface area contributed by atoms with E-state index in [9.17, 15) is 0 Å². The van der Waals surface area contributed by atoms with Crippen molar-refractivity contribution in [3.8, 4) is 0 Å². The maximum atomic E-state index is 3.53. The minimum absolute atomic E-state index is 0.899. The van der Waals surface area contributed by atoms with Crippen molar-refractivity contribution < 1.29 is 0 Å². The summed E-state index contributed by atoms with van der Waals surface area (Å²) in [5.74, 6) is 1.01. The normalized spacial score (nSPS) is 28.0. The van der Waals surface area contributed by atoms with Gasteiger partial charge in [-0.2, -0.15) is 0 Å². The molecule has 1 N–H and O–H groups in total. The number of nitrogens with one attached hydrogen (secondary N) is 1. The monoisotopic (exact) mass is 244 g/mol. The Hall–Kier alpha value is -1.02. The quantitative estimate of drug-likeness (QED) is 0.873. The fourth-order valence-corrected chi connectivity index (χ4v) is 3.68. The number of hydrogen-bond acceptors (Lipinski definition) is 2. The van der Waals surface area contributed by atoms with Crippen LogP contribution in [-0.4, -0.2) is 30.6 Å². The number of benzene rings is 1. The Balaban J connectivity index is 1.46. The maximum Gasteiger partial charge on any atom is 0.0340 e. The molecule has 1 saturated heterocycles. The van der Waals surface area contributed by atoms with Crippen molar-refractivity contribution in [3.05, 3.63) is 30.3 Å². The number of fused-ring (bicyclic) bond motifs is 1. The number of rotatable bonds is 4. The van der Waals surface area contributed by atoms with Gasteiger partial charge >= 0.3 is 0 Å². The predicted molar refractivity (Wildman–Crippen MR) is 76.9 cm³/mol. The van der Waals surface area contributed by atoms with Gasteiger partial charge < -0.3 is 5.32 Å². The number of anilines is 1. The van der Waals surface area contributed by atoms with Crippen LogP contribution in [0.3, 0.4) is 0 Å². The second-order valence-corrected chi connectivity index (χ2v) is 5.73. The molecule has 3 rings (SSSR count). The molecule has 0 amide bonds. The lowest BCUT2D eigenvalue weighted by Gasteiger charge is -2.31. The third-order valence-electron chi connectivity index (χ3n) is 4.63. The highest BCUT2D eigenvalue weighted by molar-refractivity contribution is 5.42. The fourth-order valence-electron chi connectivity index (χ4n) is 3.68. The first-order valence-electron chi connectivity index (χ1n) is 7.46. The minimum atomic E-state index is 0.899. The summed E-state index contributed by atoms with van der Waals surface area (Å²) in [5, 5.41) is 3.53. The summed E-state index contributed by atoms with van der Waals surface area (Å²) in [4.78, 5) is 2.72. The van der Waals surface area contributed by atoms with Gasteiger partial charge in [0.05, 0.1) is 0 Å². The van der Waals surface area contributed by atoms with Crippen LogP contribution < -0.4 is 5.32 Å². The summed E-state index contributed by atoms with van der Waals surface area (Å²) in [7, 11) is 0. The first kappa shape index (κ1) is 12.0. The first-order valence-corrected chi connectivity index (χ1v) is 7.46. The Bertz CT molecular complexity index is 363. The van der Waals surface area contributed by atoms with E-state index < -0.39 is 0 Å². The molecule has 2 nitrogen and oxygen atoms in total. The van der Waals surface area contributed by atoms with Crippen molar-refractivity contribution in [3.63, 3.8) is 0 Å². The summed E-state index contributed by atoms with van der Waals surface area (Å²) in [6, 6.07) is 11.4. The van der Waals surface area contributed by atoms with Gasteiger partial charge in [-0.1, -0.05) is 31.0 Å². The van der Waals surface area contributed by atoms with Gasteiger partial charge in [0.25, 0.3) is 0 Å². The lowest BCUT2D eigenvalue weighted by atomic mass is 9.85. The third-order valence-corrected chi connectivity index (χ3v) is 4.63. The molecular formula is C16H24N2. The third kappa shape index (κ3) is 2.69. The van der Waals surface area contributed by atoms with Gasteiger partial charge in [0.15, 0.2) is 0 Å². The number of nitrogens with zero attached hydrogens (tertiary/aromatic N) is 1. The average molecular weight is 244 g/mol. The van der Waals surface area contributed by atoms with E-state index in [1.54, 1.807) is 0 Å². The van der Waals surface area contributed by atoms with Crippen molar-refractivity contribution in [2.75, 3.05) is 25.0 Å². The van der Waals surface area contributed by atoms with Gasteiger partial charge in [-0.15, -0.1) is 0 Å². The summed E-state index contributed by atoms with van der Waals surface area (Å²) in [6.07, 6.45) is 7.28. The van der Waals surface area contributed by atoms with Gasteiger partial charge in [-0.25, -0.2) is 0 Å². The van der Waals surface area contributed by atoms with Crippen LogP contribution in [0.15, 0.2) is 30.3 Å². The van der Waals surface area contributed by atoms with E-state index >= 15 is 0 Å². The van der Waals surface area contributed by atoms with E-state index in [1.807, 2.05) is 0 Å². The van der Waals surface area contributed by atoms with Crippen molar-refractivity contribution in [2.45, 2.75) is 38.1 Å². The van der Waals surface area contributed by atoms with E-state index in [0.29, 0.717) is 0 Å². The molecule has 2 atom stereocenters. The van der Waals surface area contributed by atoms with Gasteiger partial charge in [0, 0.05) is 24.8 Å². The molecule has 2 heteroatoms. The van der Waals surface area contributed by atoms with Crippen LogP contribution in [0.4, 0.5) is 5.69 Å². The lowest BCUT2D eigenvalue weighted by Crippen LogP contribution is -2.37. The molecule has 1 aromatic carbocycles. The van der Waals surface area contributed by atoms with Crippen LogP contribution in [0.2, 0.25) is 0 Å². The second-order valence-electron chi connectivity index (χ2n) is 5.73. The van der Waals surface area contributed by atoms with Gasteiger partial charge in [0.1, 0.15) is 0 Å². The van der Waals surface area contributed by atoms with Crippen LogP contribution in [0.25, 0.3) is 0 Å². The highest BCUT2D eigenvalue weighted by atomic mass is 15.2. The summed E-state index contributed by atoms with van der Waals surface area (Å²) in [6.45, 7) is 3.61. The zero-order valence-electron chi connectivity index (χ0n) is 11.1. The topological polar surface area (TPSA) is 15.3 Å². The molecule has 0 spiro atoms. The summed E-state index contributed by atoms with van der Waals surface area (Å²) in [5.41, 5.74) is 1.25. The maximum absolute atomic E-state index is 3.53. The van der Waals surface area contributed by atoms with Crippen molar-refractivity contribution in [1.29, 1.82) is 0 Å². The molecular weight excluding hydrogens is 220 g/mol. The molecule has 2 unspecified atom stereocenters. The van der Waals surface area contributed by atoms with Crippen LogP contribution >= 0.6 is 0 Å². The Kier molecular flexibility index (Phi) is 3.84. The molecule has 2 aliphatic rings. The molecule has 98 valence electrons. The minimum Gasteiger partial charge on any atom is -0.384 e. The molecule has 18 heavy (non-hydrogen) atoms. The summed E-state index contributed by atoms with van der Waals surface area (Å²) < 4.78 is 0. The Morgan fingerprint density at radius 3 is 2.78 bits per heavy atom. The molecule has 0 aromatic heterocycles. The molecule has 1 saturated carbocycles. The number of hydrogen-bond donors (Lipinski definition) is 1. The van der Waals surface area contributed by atoms with E-state index in [4.69, 9.17) is 0 Å². The zero-order chi connectivity index (χ0) is 12.2. The van der Waals surface area contributed by atoms with E-state index in [0.717, 1.165) is 18.5 Å². The van der Waals surface area contributed by atoms with Crippen LogP contribution in [0, 0.1) is 5.92 Å². The highest BCUT2D eigenvalue weighted by Gasteiger charge is 2.34. The zero-order valence-corrected chi connectivity index (χ0v) is 11.1. The molecule has 1 aliphatic heterocycles. The Morgan fingerprint density at radius 1 is 1.06 bits per heavy atom. The van der Waals surface area contributed by atoms with E-state index in [1.165, 1.54) is 50.9 Å². The molecule has 0 bridgehead atoms. The largest absolute Gasteiger partial charge is 0.384 e. The number of likely N-dealkylation sites (tertiary alicyclic amines) is 1. The van der Waals surface area contributed by atoms with Crippen LogP contribution in [0.5, 0.6) is 0 Å². The molecule has 2 fully saturated rings. The van der Waals surface area contributed by atoms with Crippen LogP contribution in [-0.2, 0) is 0 Å². The Morgan fingerprint density at radius 2 is 1.89 bits per heavy atom. The highest BCUT2D eigenvalue weighted by Crippen LogP contribution is 2.35. The number of para-hydroxylation sites is 1. The van der Waals surface area contributed by atoms with Crippen molar-refractivity contribution in [2.24, 2.45) is 5.92 Å². The smallest absolute Gasteiger partial charge is 0.0340 e. The summed E-state index contributed by atoms with van der Waals surface area (Å²) >= 11 is 0. The van der Waals surface area contributed by atoms with Crippen molar-refractivity contribution in [1.82, 2.24) is 4.90 Å². The first-order chi connectivity index (χ1) is 8.93. The van der Waals surface area contributed by atoms with Gasteiger partial charge in [0.2, 0.25) is 0 Å². The Labute approximate surface area is 110 Å². The van der Waals surface area contributed by atoms with E-state index in [2.05, 4.69) is 40.5 Å². The van der Waals surface area contributed by atoms with Gasteiger partial charge in [-0.05, 0) is 43.9 Å². The molecule has 0 radical (unpaired) electrons. The molecule has 1 aromatic rings. The van der Waals surface area contributed by atoms with Crippen LogP contribution in [0.1, 0.15) is 32.1 Å². The SMILES string of the molecule is c1ccc(NCCN2CCC3CCCCC32)cc1. The van der Waals surface area contributed by atoms with E-state index in [-0.39, 0.29) is 0 Å². The van der Waals surface area contributed by atoms with Crippen molar-refractivity contribution >= 4 is 5.69 Å². The fraction of sp³-hybridized carbons (Fsp3) is 0.625. The predicted octanol–water partition coefficient (Wildman–Crippen LogP) is 3.36. The van der Waals surface area contributed by atoms with Gasteiger partial charge in [-0.3, -0.25) is 4.90 Å². The second kappa shape index (κ2) is 5.75. The standard InChI is InChI=1S/C16H24N2/c1-2-7-15(8-3-1)17-11-13-18-12-10-14-6-4-5-9-16(14)18/h1-3,7-8,14,16-17H,4-6,9-13H2. The lowest BCUT2D eigenvalue weighted by molar-refractivity contribution is 0.188. The molecule has 1 heterocycles.